The molecule has 1 aromatic heterocycles. The minimum Gasteiger partial charge on any atom is -0.363 e. The van der Waals surface area contributed by atoms with E-state index in [4.69, 9.17) is 0 Å². The molecule has 3 rings (SSSR count). The van der Waals surface area contributed by atoms with E-state index in [2.05, 4.69) is 0 Å². The van der Waals surface area contributed by atoms with Crippen molar-refractivity contribution in [3.63, 3.8) is 0 Å². The molecule has 1 aliphatic rings. The molecular formula is C17H20FN3O2. The van der Waals surface area contributed by atoms with Crippen molar-refractivity contribution in [3.05, 3.63) is 61.7 Å². The van der Waals surface area contributed by atoms with Crippen molar-refractivity contribution in [1.29, 1.82) is 0 Å². The molecule has 0 amide bonds. The van der Waals surface area contributed by atoms with Gasteiger partial charge in [-0.15, -0.1) is 0 Å². The zero-order valence-corrected chi connectivity index (χ0v) is 13.6. The van der Waals surface area contributed by atoms with E-state index in [1.165, 1.54) is 23.7 Å². The first-order valence-electron chi connectivity index (χ1n) is 7.69. The highest BCUT2D eigenvalue weighted by molar-refractivity contribution is 5.59. The molecule has 5 nitrogen and oxygen atoms in total. The number of hydrogen-bond donors (Lipinski definition) is 0. The smallest absolute Gasteiger partial charge is 0.330 e. The summed E-state index contributed by atoms with van der Waals surface area (Å²) in [5, 5.41) is 0. The Bertz CT molecular complexity index is 883. The Morgan fingerprint density at radius 1 is 1.17 bits per heavy atom. The van der Waals surface area contributed by atoms with Crippen LogP contribution in [0.5, 0.6) is 0 Å². The first-order valence-corrected chi connectivity index (χ1v) is 7.69. The average molecular weight is 317 g/mol. The van der Waals surface area contributed by atoms with Crippen LogP contribution in [0.2, 0.25) is 0 Å². The van der Waals surface area contributed by atoms with Crippen LogP contribution in [0.15, 0.2) is 27.8 Å². The fraction of sp³-hybridized carbons (Fsp3) is 0.412. The van der Waals surface area contributed by atoms with Gasteiger partial charge >= 0.3 is 5.69 Å². The van der Waals surface area contributed by atoms with Crippen molar-refractivity contribution in [3.8, 4) is 0 Å². The fourth-order valence-electron chi connectivity index (χ4n) is 3.21. The molecule has 0 fully saturated rings. The highest BCUT2D eigenvalue weighted by atomic mass is 19.1. The molecule has 1 aromatic carbocycles. The highest BCUT2D eigenvalue weighted by Gasteiger charge is 2.23. The third-order valence-corrected chi connectivity index (χ3v) is 4.62. The van der Waals surface area contributed by atoms with Gasteiger partial charge < -0.3 is 4.90 Å². The molecule has 122 valence electrons. The van der Waals surface area contributed by atoms with Crippen LogP contribution in [-0.4, -0.2) is 15.7 Å². The molecule has 0 aliphatic carbocycles. The number of fused-ring (bicyclic) bond motifs is 1. The summed E-state index contributed by atoms with van der Waals surface area (Å²) in [5.41, 5.74) is 2.57. The van der Waals surface area contributed by atoms with E-state index in [-0.39, 0.29) is 17.1 Å². The Hall–Kier alpha value is -2.37. The van der Waals surface area contributed by atoms with E-state index in [0.29, 0.717) is 24.5 Å². The fourth-order valence-corrected chi connectivity index (χ4v) is 3.21. The quantitative estimate of drug-likeness (QED) is 0.843. The third-order valence-electron chi connectivity index (χ3n) is 4.62. The molecule has 1 aliphatic heterocycles. The van der Waals surface area contributed by atoms with Crippen LogP contribution < -0.4 is 16.1 Å². The van der Waals surface area contributed by atoms with E-state index in [9.17, 15) is 14.0 Å². The number of aromatic nitrogens is 2. The monoisotopic (exact) mass is 317 g/mol. The summed E-state index contributed by atoms with van der Waals surface area (Å²) in [6.45, 7) is 3.03. The van der Waals surface area contributed by atoms with Crippen molar-refractivity contribution in [2.24, 2.45) is 14.1 Å². The van der Waals surface area contributed by atoms with Crippen LogP contribution in [0, 0.1) is 12.7 Å². The van der Waals surface area contributed by atoms with Crippen molar-refractivity contribution in [2.45, 2.75) is 26.3 Å². The maximum Gasteiger partial charge on any atom is 0.330 e. The highest BCUT2D eigenvalue weighted by Crippen LogP contribution is 2.33. The maximum absolute atomic E-state index is 14.4. The van der Waals surface area contributed by atoms with Crippen LogP contribution in [0.25, 0.3) is 0 Å². The normalized spacial score (nSPS) is 14.0. The standard InChI is InChI=1S/C17H20FN3O2/c1-11-6-7-14(18)16-13(11)5-4-8-21(16)10-12-9-15(22)20(3)17(23)19(12)2/h6-7,9H,4-5,8,10H2,1-3H3. The summed E-state index contributed by atoms with van der Waals surface area (Å²) in [4.78, 5) is 25.9. The molecule has 0 spiro atoms. The van der Waals surface area contributed by atoms with E-state index >= 15 is 0 Å². The van der Waals surface area contributed by atoms with Gasteiger partial charge in [0.05, 0.1) is 12.2 Å². The van der Waals surface area contributed by atoms with Gasteiger partial charge in [0.25, 0.3) is 5.56 Å². The summed E-state index contributed by atoms with van der Waals surface area (Å²) in [5.74, 6) is -0.251. The van der Waals surface area contributed by atoms with Crippen LogP contribution >= 0.6 is 0 Å². The lowest BCUT2D eigenvalue weighted by molar-refractivity contribution is 0.579. The first kappa shape index (κ1) is 15.5. The van der Waals surface area contributed by atoms with Crippen LogP contribution in [0.3, 0.4) is 0 Å². The molecule has 0 saturated heterocycles. The van der Waals surface area contributed by atoms with Gasteiger partial charge in [0, 0.05) is 32.4 Å². The molecule has 0 radical (unpaired) electrons. The van der Waals surface area contributed by atoms with Crippen molar-refractivity contribution < 1.29 is 4.39 Å². The number of rotatable bonds is 2. The minimum absolute atomic E-state index is 0.251. The lowest BCUT2D eigenvalue weighted by atomic mass is 9.96. The van der Waals surface area contributed by atoms with Gasteiger partial charge in [-0.05, 0) is 37.0 Å². The van der Waals surface area contributed by atoms with Gasteiger partial charge in [0.2, 0.25) is 0 Å². The average Bonchev–Trinajstić information content (AvgIpc) is 2.54. The van der Waals surface area contributed by atoms with Gasteiger partial charge in [0.15, 0.2) is 0 Å². The predicted octanol–water partition coefficient (Wildman–Crippen LogP) is 1.48. The number of hydrogen-bond acceptors (Lipinski definition) is 3. The van der Waals surface area contributed by atoms with Crippen LogP contribution in [-0.2, 0) is 27.1 Å². The largest absolute Gasteiger partial charge is 0.363 e. The zero-order valence-electron chi connectivity index (χ0n) is 13.6. The van der Waals surface area contributed by atoms with Crippen LogP contribution in [0.4, 0.5) is 10.1 Å². The Balaban J connectivity index is 2.06. The topological polar surface area (TPSA) is 47.2 Å². The second-order valence-corrected chi connectivity index (χ2v) is 6.09. The maximum atomic E-state index is 14.4. The van der Waals surface area contributed by atoms with Gasteiger partial charge in [-0.25, -0.2) is 9.18 Å². The molecule has 0 bridgehead atoms. The number of aryl methyl sites for hydroxylation is 1. The van der Waals surface area contributed by atoms with Crippen molar-refractivity contribution in [1.82, 2.24) is 9.13 Å². The van der Waals surface area contributed by atoms with E-state index in [1.807, 2.05) is 11.8 Å². The number of nitrogens with zero attached hydrogens (tertiary/aromatic N) is 3. The molecule has 0 saturated carbocycles. The summed E-state index contributed by atoms with van der Waals surface area (Å²) in [6.07, 6.45) is 1.78. The molecular weight excluding hydrogens is 297 g/mol. The summed E-state index contributed by atoms with van der Waals surface area (Å²) >= 11 is 0. The Morgan fingerprint density at radius 2 is 1.91 bits per heavy atom. The number of anilines is 1. The first-order chi connectivity index (χ1) is 10.9. The SMILES string of the molecule is Cc1ccc(F)c2c1CCCN2Cc1cc(=O)n(C)c(=O)n1C. The lowest BCUT2D eigenvalue weighted by Crippen LogP contribution is -2.40. The molecule has 0 atom stereocenters. The van der Waals surface area contributed by atoms with Crippen LogP contribution in [0.1, 0.15) is 23.2 Å². The van der Waals surface area contributed by atoms with Gasteiger partial charge in [-0.2, -0.15) is 0 Å². The third kappa shape index (κ3) is 2.58. The van der Waals surface area contributed by atoms with E-state index in [1.54, 1.807) is 13.1 Å². The van der Waals surface area contributed by atoms with Gasteiger partial charge in [-0.3, -0.25) is 13.9 Å². The van der Waals surface area contributed by atoms with Crippen molar-refractivity contribution >= 4 is 5.69 Å². The zero-order chi connectivity index (χ0) is 16.7. The second-order valence-electron chi connectivity index (χ2n) is 6.09. The molecule has 6 heteroatoms. The summed E-state index contributed by atoms with van der Waals surface area (Å²) < 4.78 is 16.9. The number of halogens is 1. The number of benzene rings is 1. The predicted molar refractivity (Wildman–Crippen MR) is 87.4 cm³/mol. The Labute approximate surface area is 133 Å². The van der Waals surface area contributed by atoms with Crippen molar-refractivity contribution in [2.75, 3.05) is 11.4 Å². The lowest BCUT2D eigenvalue weighted by Gasteiger charge is -2.33. The van der Waals surface area contributed by atoms with E-state index < -0.39 is 0 Å². The Kier molecular flexibility index (Phi) is 3.83. The molecule has 23 heavy (non-hydrogen) atoms. The second kappa shape index (κ2) is 5.68. The molecule has 2 heterocycles. The summed E-state index contributed by atoms with van der Waals surface area (Å²) in [6, 6.07) is 4.73. The summed E-state index contributed by atoms with van der Waals surface area (Å²) in [7, 11) is 3.09. The molecule has 0 N–H and O–H groups in total. The van der Waals surface area contributed by atoms with E-state index in [0.717, 1.165) is 28.5 Å². The minimum atomic E-state index is -0.366. The Morgan fingerprint density at radius 3 is 2.65 bits per heavy atom. The van der Waals surface area contributed by atoms with Gasteiger partial charge in [-0.1, -0.05) is 6.07 Å². The van der Waals surface area contributed by atoms with Gasteiger partial charge in [0.1, 0.15) is 5.82 Å². The molecule has 2 aromatic rings. The molecule has 0 unspecified atom stereocenters.